The molecule has 0 heterocycles. The van der Waals surface area contributed by atoms with Crippen molar-refractivity contribution >= 4 is 28.0 Å². The monoisotopic (exact) mass is 376 g/mol. The van der Waals surface area contributed by atoms with Crippen molar-refractivity contribution in [3.05, 3.63) is 64.1 Å². The van der Waals surface area contributed by atoms with E-state index in [2.05, 4.69) is 15.9 Å². The first-order valence-electron chi connectivity index (χ1n) is 6.94. The Hall–Kier alpha value is -2.27. The molecule has 120 valence electrons. The van der Waals surface area contributed by atoms with Crippen molar-refractivity contribution in [2.45, 2.75) is 6.61 Å². The molecule has 4 nitrogen and oxygen atoms in total. The fourth-order valence-corrected chi connectivity index (χ4v) is 2.45. The number of halogens is 1. The molecule has 0 aromatic heterocycles. The Kier molecular flexibility index (Phi) is 6.23. The van der Waals surface area contributed by atoms with Gasteiger partial charge in [0, 0.05) is 11.6 Å². The van der Waals surface area contributed by atoms with Gasteiger partial charge in [0.1, 0.15) is 18.1 Å². The Bertz CT molecular complexity index is 696. The van der Waals surface area contributed by atoms with Crippen molar-refractivity contribution in [1.29, 1.82) is 0 Å². The van der Waals surface area contributed by atoms with E-state index in [9.17, 15) is 4.79 Å². The highest BCUT2D eigenvalue weighted by Crippen LogP contribution is 2.33. The van der Waals surface area contributed by atoms with E-state index in [4.69, 9.17) is 14.2 Å². The van der Waals surface area contributed by atoms with Crippen molar-refractivity contribution in [2.75, 3.05) is 14.2 Å². The second-order valence-electron chi connectivity index (χ2n) is 4.65. The molecule has 2 aromatic carbocycles. The minimum atomic E-state index is -0.419. The second-order valence-corrected chi connectivity index (χ2v) is 5.50. The zero-order chi connectivity index (χ0) is 16.7. The summed E-state index contributed by atoms with van der Waals surface area (Å²) in [7, 11) is 3.14. The summed E-state index contributed by atoms with van der Waals surface area (Å²) in [4.78, 5) is 11.8. The van der Waals surface area contributed by atoms with Gasteiger partial charge in [0.25, 0.3) is 0 Å². The topological polar surface area (TPSA) is 44.8 Å². The molecule has 0 atom stereocenters. The number of methoxy groups -OCH3 is 2. The lowest BCUT2D eigenvalue weighted by Crippen LogP contribution is -2.03. The molecular weight excluding hydrogens is 360 g/mol. The van der Waals surface area contributed by atoms with E-state index >= 15 is 0 Å². The fraction of sp³-hybridized carbons (Fsp3) is 0.167. The van der Waals surface area contributed by atoms with E-state index in [-0.39, 0.29) is 6.61 Å². The number of hydrogen-bond donors (Lipinski definition) is 0. The van der Waals surface area contributed by atoms with E-state index in [0.717, 1.165) is 15.6 Å². The van der Waals surface area contributed by atoms with Gasteiger partial charge in [-0.2, -0.15) is 0 Å². The predicted octanol–water partition coefficient (Wildman–Crippen LogP) is 4.22. The van der Waals surface area contributed by atoms with Crippen LogP contribution in [0.2, 0.25) is 0 Å². The number of ether oxygens (including phenoxy) is 3. The molecule has 5 heteroatoms. The van der Waals surface area contributed by atoms with Gasteiger partial charge in [-0.3, -0.25) is 0 Å². The summed E-state index contributed by atoms with van der Waals surface area (Å²) >= 11 is 3.39. The number of carbonyl (C=O) groups excluding carboxylic acids is 1. The van der Waals surface area contributed by atoms with Crippen LogP contribution in [0.25, 0.3) is 6.08 Å². The SMILES string of the molecule is COc1cc(COC(=O)/C=C/c2ccccc2)c(OC)cc1Br. The van der Waals surface area contributed by atoms with Gasteiger partial charge in [0.05, 0.1) is 18.7 Å². The molecule has 0 bridgehead atoms. The van der Waals surface area contributed by atoms with Crippen LogP contribution in [0.15, 0.2) is 53.0 Å². The molecule has 0 N–H and O–H groups in total. The maximum atomic E-state index is 11.8. The Morgan fingerprint density at radius 3 is 2.43 bits per heavy atom. The van der Waals surface area contributed by atoms with E-state index in [1.165, 1.54) is 6.08 Å². The van der Waals surface area contributed by atoms with E-state index in [1.54, 1.807) is 32.4 Å². The highest BCUT2D eigenvalue weighted by Gasteiger charge is 2.11. The van der Waals surface area contributed by atoms with Gasteiger partial charge in [-0.05, 0) is 39.7 Å². The molecule has 0 spiro atoms. The third-order valence-corrected chi connectivity index (χ3v) is 3.76. The standard InChI is InChI=1S/C18H17BrO4/c1-21-16-11-15(19)17(22-2)10-14(16)12-23-18(20)9-8-13-6-4-3-5-7-13/h3-11H,12H2,1-2H3/b9-8+. The Morgan fingerprint density at radius 2 is 1.78 bits per heavy atom. The maximum Gasteiger partial charge on any atom is 0.331 e. The summed E-state index contributed by atoms with van der Waals surface area (Å²) in [5.74, 6) is 0.854. The summed E-state index contributed by atoms with van der Waals surface area (Å²) < 4.78 is 16.6. The summed E-state index contributed by atoms with van der Waals surface area (Å²) in [6.07, 6.45) is 3.11. The third-order valence-electron chi connectivity index (χ3n) is 3.14. The Morgan fingerprint density at radius 1 is 1.09 bits per heavy atom. The normalized spacial score (nSPS) is 10.6. The van der Waals surface area contributed by atoms with Crippen LogP contribution in [0.1, 0.15) is 11.1 Å². The quantitative estimate of drug-likeness (QED) is 0.559. The van der Waals surface area contributed by atoms with Crippen molar-refractivity contribution in [1.82, 2.24) is 0 Å². The Labute approximate surface area is 143 Å². The van der Waals surface area contributed by atoms with Gasteiger partial charge in [0.2, 0.25) is 0 Å². The molecule has 0 saturated carbocycles. The molecule has 0 radical (unpaired) electrons. The van der Waals surface area contributed by atoms with Crippen LogP contribution in [0.4, 0.5) is 0 Å². The average Bonchev–Trinajstić information content (AvgIpc) is 2.59. The predicted molar refractivity (Wildman–Crippen MR) is 92.5 cm³/mol. The minimum Gasteiger partial charge on any atom is -0.496 e. The molecule has 0 unspecified atom stereocenters. The highest BCUT2D eigenvalue weighted by atomic mass is 79.9. The zero-order valence-corrected chi connectivity index (χ0v) is 14.5. The van der Waals surface area contributed by atoms with Crippen molar-refractivity contribution in [3.63, 3.8) is 0 Å². The molecule has 2 rings (SSSR count). The molecule has 0 amide bonds. The van der Waals surface area contributed by atoms with Crippen molar-refractivity contribution < 1.29 is 19.0 Å². The van der Waals surface area contributed by atoms with Crippen LogP contribution in [0.5, 0.6) is 11.5 Å². The van der Waals surface area contributed by atoms with Gasteiger partial charge >= 0.3 is 5.97 Å². The molecule has 23 heavy (non-hydrogen) atoms. The van der Waals surface area contributed by atoms with Gasteiger partial charge in [-0.25, -0.2) is 4.79 Å². The molecular formula is C18H17BrO4. The summed E-state index contributed by atoms with van der Waals surface area (Å²) in [5.41, 5.74) is 1.67. The number of rotatable bonds is 6. The van der Waals surface area contributed by atoms with Crippen LogP contribution >= 0.6 is 15.9 Å². The van der Waals surface area contributed by atoms with Crippen LogP contribution < -0.4 is 9.47 Å². The third kappa shape index (κ3) is 4.86. The number of hydrogen-bond acceptors (Lipinski definition) is 4. The van der Waals surface area contributed by atoms with Gasteiger partial charge in [-0.1, -0.05) is 30.3 Å². The number of benzene rings is 2. The van der Waals surface area contributed by atoms with E-state index in [1.807, 2.05) is 30.3 Å². The first kappa shape index (κ1) is 17.1. The summed E-state index contributed by atoms with van der Waals surface area (Å²) in [5, 5.41) is 0. The van der Waals surface area contributed by atoms with E-state index < -0.39 is 5.97 Å². The number of carbonyl (C=O) groups is 1. The molecule has 2 aromatic rings. The van der Waals surface area contributed by atoms with Gasteiger partial charge < -0.3 is 14.2 Å². The highest BCUT2D eigenvalue weighted by molar-refractivity contribution is 9.10. The average molecular weight is 377 g/mol. The van der Waals surface area contributed by atoms with E-state index in [0.29, 0.717) is 11.5 Å². The van der Waals surface area contributed by atoms with Gasteiger partial charge in [-0.15, -0.1) is 0 Å². The van der Waals surface area contributed by atoms with Crippen molar-refractivity contribution in [3.8, 4) is 11.5 Å². The molecule has 0 fully saturated rings. The summed E-state index contributed by atoms with van der Waals surface area (Å²) in [6.45, 7) is 0.102. The summed E-state index contributed by atoms with van der Waals surface area (Å²) in [6, 6.07) is 13.1. The van der Waals surface area contributed by atoms with Crippen LogP contribution in [-0.4, -0.2) is 20.2 Å². The minimum absolute atomic E-state index is 0.102. The maximum absolute atomic E-state index is 11.8. The van der Waals surface area contributed by atoms with Crippen LogP contribution in [0.3, 0.4) is 0 Å². The largest absolute Gasteiger partial charge is 0.496 e. The smallest absolute Gasteiger partial charge is 0.331 e. The lowest BCUT2D eigenvalue weighted by molar-refractivity contribution is -0.138. The lowest BCUT2D eigenvalue weighted by atomic mass is 10.2. The van der Waals surface area contributed by atoms with Crippen LogP contribution in [-0.2, 0) is 16.1 Å². The lowest BCUT2D eigenvalue weighted by Gasteiger charge is -2.12. The second kappa shape index (κ2) is 8.39. The fourth-order valence-electron chi connectivity index (χ4n) is 1.96. The molecule has 0 aliphatic rings. The number of esters is 1. The zero-order valence-electron chi connectivity index (χ0n) is 12.9. The first-order valence-corrected chi connectivity index (χ1v) is 7.73. The Balaban J connectivity index is 2.02. The molecule has 0 aliphatic carbocycles. The van der Waals surface area contributed by atoms with Crippen molar-refractivity contribution in [2.24, 2.45) is 0 Å². The van der Waals surface area contributed by atoms with Crippen LogP contribution in [0, 0.1) is 0 Å². The molecule has 0 aliphatic heterocycles. The van der Waals surface area contributed by atoms with Gasteiger partial charge in [0.15, 0.2) is 0 Å². The molecule has 0 saturated heterocycles. The first-order chi connectivity index (χ1) is 11.1.